The first-order valence-electron chi connectivity index (χ1n) is 10.2. The number of halogens is 1. The zero-order valence-electron chi connectivity index (χ0n) is 16.4. The number of aromatic nitrogens is 2. The van der Waals surface area contributed by atoms with Crippen molar-refractivity contribution in [3.63, 3.8) is 0 Å². The lowest BCUT2D eigenvalue weighted by Crippen LogP contribution is -2.46. The first kappa shape index (κ1) is 18.8. The van der Waals surface area contributed by atoms with E-state index in [9.17, 15) is 4.79 Å². The van der Waals surface area contributed by atoms with Crippen molar-refractivity contribution in [3.8, 4) is 11.1 Å². The van der Waals surface area contributed by atoms with Gasteiger partial charge >= 0.3 is 0 Å². The van der Waals surface area contributed by atoms with Crippen LogP contribution in [0.3, 0.4) is 0 Å². The van der Waals surface area contributed by atoms with Crippen molar-refractivity contribution in [3.05, 3.63) is 39.5 Å². The average molecular weight is 427 g/mol. The molecule has 7 heteroatoms. The molecule has 5 rings (SSSR count). The third-order valence-electron chi connectivity index (χ3n) is 6.08. The molecule has 0 atom stereocenters. The van der Waals surface area contributed by atoms with E-state index >= 15 is 0 Å². The van der Waals surface area contributed by atoms with Crippen molar-refractivity contribution < 1.29 is 4.79 Å². The van der Waals surface area contributed by atoms with E-state index in [4.69, 9.17) is 11.6 Å². The molecule has 1 aliphatic carbocycles. The van der Waals surface area contributed by atoms with Gasteiger partial charge in [-0.25, -0.2) is 4.98 Å². The second kappa shape index (κ2) is 7.58. The summed E-state index contributed by atoms with van der Waals surface area (Å²) in [6.45, 7) is 5.05. The lowest BCUT2D eigenvalue weighted by atomic mass is 9.89. The van der Waals surface area contributed by atoms with Crippen LogP contribution in [0.25, 0.3) is 21.3 Å². The number of aryl methyl sites for hydroxylation is 3. The number of amides is 1. The van der Waals surface area contributed by atoms with Crippen LogP contribution in [0.2, 0.25) is 5.28 Å². The van der Waals surface area contributed by atoms with E-state index in [1.54, 1.807) is 16.2 Å². The van der Waals surface area contributed by atoms with Gasteiger partial charge in [-0.2, -0.15) is 4.98 Å². The van der Waals surface area contributed by atoms with Crippen molar-refractivity contribution in [1.29, 1.82) is 0 Å². The van der Waals surface area contributed by atoms with Crippen LogP contribution >= 0.6 is 22.9 Å². The van der Waals surface area contributed by atoms with Crippen LogP contribution in [0.4, 0.5) is 5.82 Å². The average Bonchev–Trinajstić information content (AvgIpc) is 3.08. The molecule has 1 amide bonds. The highest BCUT2D eigenvalue weighted by Gasteiger charge is 2.25. The molecule has 29 heavy (non-hydrogen) atoms. The number of carbonyl (C=O) groups is 1. The Kier molecular flexibility index (Phi) is 4.92. The third kappa shape index (κ3) is 3.38. The molecular weight excluding hydrogens is 404 g/mol. The maximum Gasteiger partial charge on any atom is 0.225 e. The van der Waals surface area contributed by atoms with Gasteiger partial charge in [0, 0.05) is 36.6 Å². The number of piperazine rings is 1. The van der Waals surface area contributed by atoms with Crippen LogP contribution in [0.5, 0.6) is 0 Å². The molecule has 1 aliphatic heterocycles. The Balaban J connectivity index is 1.65. The summed E-state index contributed by atoms with van der Waals surface area (Å²) in [5, 5.41) is 1.37. The van der Waals surface area contributed by atoms with Crippen LogP contribution in [-0.4, -0.2) is 47.5 Å². The van der Waals surface area contributed by atoms with E-state index in [0.29, 0.717) is 13.1 Å². The summed E-state index contributed by atoms with van der Waals surface area (Å²) in [4.78, 5) is 26.5. The van der Waals surface area contributed by atoms with Crippen molar-refractivity contribution in [1.82, 2.24) is 14.9 Å². The van der Waals surface area contributed by atoms with Gasteiger partial charge in [-0.1, -0.05) is 18.2 Å². The topological polar surface area (TPSA) is 49.3 Å². The molecule has 2 aliphatic rings. The van der Waals surface area contributed by atoms with Gasteiger partial charge in [-0.05, 0) is 60.9 Å². The summed E-state index contributed by atoms with van der Waals surface area (Å²) >= 11 is 7.97. The third-order valence-corrected chi connectivity index (χ3v) is 7.25. The Labute approximate surface area is 179 Å². The van der Waals surface area contributed by atoms with E-state index in [2.05, 4.69) is 40.0 Å². The summed E-state index contributed by atoms with van der Waals surface area (Å²) < 4.78 is 0. The van der Waals surface area contributed by atoms with E-state index in [0.717, 1.165) is 42.0 Å². The zero-order valence-corrected chi connectivity index (χ0v) is 18.0. The minimum atomic E-state index is 0.281. The normalized spacial score (nSPS) is 16.9. The predicted molar refractivity (Wildman–Crippen MR) is 119 cm³/mol. The highest BCUT2D eigenvalue weighted by atomic mass is 35.5. The molecule has 0 radical (unpaired) electrons. The van der Waals surface area contributed by atoms with E-state index in [-0.39, 0.29) is 5.28 Å². The fourth-order valence-electron chi connectivity index (χ4n) is 4.57. The molecule has 150 valence electrons. The molecule has 2 aromatic heterocycles. The molecule has 5 nitrogen and oxygen atoms in total. The molecule has 3 aromatic rings. The molecule has 0 unspecified atom stereocenters. The lowest BCUT2D eigenvalue weighted by molar-refractivity contribution is -0.118. The number of hydrogen-bond acceptors (Lipinski definition) is 5. The van der Waals surface area contributed by atoms with E-state index in [1.807, 2.05) is 0 Å². The van der Waals surface area contributed by atoms with Crippen molar-refractivity contribution in [2.24, 2.45) is 0 Å². The Bertz CT molecular complexity index is 1090. The quantitative estimate of drug-likeness (QED) is 0.457. The van der Waals surface area contributed by atoms with Crippen molar-refractivity contribution in [2.45, 2.75) is 32.6 Å². The zero-order chi connectivity index (χ0) is 20.0. The van der Waals surface area contributed by atoms with Gasteiger partial charge in [0.05, 0.1) is 5.39 Å². The van der Waals surface area contributed by atoms with Gasteiger partial charge < -0.3 is 9.80 Å². The summed E-state index contributed by atoms with van der Waals surface area (Å²) in [6, 6.07) is 6.92. The van der Waals surface area contributed by atoms with E-state index < -0.39 is 0 Å². The van der Waals surface area contributed by atoms with Gasteiger partial charge in [0.1, 0.15) is 10.6 Å². The molecule has 0 spiro atoms. The van der Waals surface area contributed by atoms with Gasteiger partial charge in [-0.15, -0.1) is 11.3 Å². The second-order valence-electron chi connectivity index (χ2n) is 7.85. The fraction of sp³-hybridized carbons (Fsp3) is 0.409. The standard InChI is InChI=1S/C22H23ClN4OS/c1-14-18(17-7-6-15-4-2-3-5-16(15)12-17)19-20(24-22(23)25-21(19)29-14)27-10-8-26(13-28)9-11-27/h6-7,12-13H,2-5,8-11H2,1H3. The molecule has 0 N–H and O–H groups in total. The smallest absolute Gasteiger partial charge is 0.225 e. The lowest BCUT2D eigenvalue weighted by Gasteiger charge is -2.33. The van der Waals surface area contributed by atoms with Crippen LogP contribution < -0.4 is 4.90 Å². The SMILES string of the molecule is Cc1sc2nc(Cl)nc(N3CCN(C=O)CC3)c2c1-c1ccc2c(c1)CCCC2. The second-order valence-corrected chi connectivity index (χ2v) is 9.39. The van der Waals surface area contributed by atoms with Gasteiger partial charge in [0.25, 0.3) is 0 Å². The minimum Gasteiger partial charge on any atom is -0.352 e. The van der Waals surface area contributed by atoms with Crippen LogP contribution in [0.15, 0.2) is 18.2 Å². The summed E-state index contributed by atoms with van der Waals surface area (Å²) in [7, 11) is 0. The monoisotopic (exact) mass is 426 g/mol. The maximum absolute atomic E-state index is 11.1. The van der Waals surface area contributed by atoms with Gasteiger partial charge in [-0.3, -0.25) is 4.79 Å². The number of nitrogens with zero attached hydrogens (tertiary/aromatic N) is 4. The number of anilines is 1. The maximum atomic E-state index is 11.1. The van der Waals surface area contributed by atoms with Gasteiger partial charge in [0.2, 0.25) is 11.7 Å². The van der Waals surface area contributed by atoms with Crippen LogP contribution in [0.1, 0.15) is 28.8 Å². The number of fused-ring (bicyclic) bond motifs is 2. The van der Waals surface area contributed by atoms with Crippen LogP contribution in [-0.2, 0) is 17.6 Å². The Morgan fingerprint density at radius 2 is 1.83 bits per heavy atom. The van der Waals surface area contributed by atoms with E-state index in [1.165, 1.54) is 46.4 Å². The summed E-state index contributed by atoms with van der Waals surface area (Å²) in [6.07, 6.45) is 5.82. The largest absolute Gasteiger partial charge is 0.352 e. The Morgan fingerprint density at radius 1 is 1.07 bits per heavy atom. The molecule has 1 saturated heterocycles. The fourth-order valence-corrected chi connectivity index (χ4v) is 5.83. The Hall–Kier alpha value is -2.18. The first-order chi connectivity index (χ1) is 14.1. The first-order valence-corrected chi connectivity index (χ1v) is 11.4. The number of thiophene rings is 1. The van der Waals surface area contributed by atoms with Gasteiger partial charge in [0.15, 0.2) is 0 Å². The molecule has 1 fully saturated rings. The van der Waals surface area contributed by atoms with Crippen molar-refractivity contribution in [2.75, 3.05) is 31.1 Å². The van der Waals surface area contributed by atoms with Crippen molar-refractivity contribution >= 4 is 45.4 Å². The highest BCUT2D eigenvalue weighted by Crippen LogP contribution is 2.43. The van der Waals surface area contributed by atoms with Crippen LogP contribution in [0, 0.1) is 6.92 Å². The predicted octanol–water partition coefficient (Wildman–Crippen LogP) is 4.48. The molecule has 1 aromatic carbocycles. The number of carbonyl (C=O) groups excluding carboxylic acids is 1. The molecular formula is C22H23ClN4OS. The Morgan fingerprint density at radius 3 is 2.59 bits per heavy atom. The molecule has 0 saturated carbocycles. The summed E-state index contributed by atoms with van der Waals surface area (Å²) in [5.41, 5.74) is 5.43. The minimum absolute atomic E-state index is 0.281. The number of benzene rings is 1. The summed E-state index contributed by atoms with van der Waals surface area (Å²) in [5.74, 6) is 0.891. The number of hydrogen-bond donors (Lipinski definition) is 0. The molecule has 0 bridgehead atoms. The number of rotatable bonds is 3. The highest BCUT2D eigenvalue weighted by molar-refractivity contribution is 7.19. The molecule has 3 heterocycles.